The summed E-state index contributed by atoms with van der Waals surface area (Å²) in [7, 11) is 0. The number of hydrogen-bond donors (Lipinski definition) is 1. The molecule has 0 saturated carbocycles. The predicted octanol–water partition coefficient (Wildman–Crippen LogP) is 3.01. The molecule has 0 fully saturated rings. The van der Waals surface area contributed by atoms with Crippen LogP contribution in [0.5, 0.6) is 0 Å². The minimum absolute atomic E-state index is 0.350. The van der Waals surface area contributed by atoms with Crippen molar-refractivity contribution in [2.24, 2.45) is 5.73 Å². The molecule has 0 amide bonds. The predicted molar refractivity (Wildman–Crippen MR) is 62.1 cm³/mol. The maximum absolute atomic E-state index is 5.94. The van der Waals surface area contributed by atoms with Gasteiger partial charge in [-0.3, -0.25) is 0 Å². The van der Waals surface area contributed by atoms with Crippen LogP contribution in [0.25, 0.3) is 10.9 Å². The van der Waals surface area contributed by atoms with E-state index in [0.717, 1.165) is 15.9 Å². The van der Waals surface area contributed by atoms with Gasteiger partial charge in [0, 0.05) is 21.2 Å². The summed E-state index contributed by atoms with van der Waals surface area (Å²) in [5, 5.41) is 1.89. The number of nitrogens with zero attached hydrogens (tertiary/aromatic N) is 1. The van der Waals surface area contributed by atoms with Gasteiger partial charge in [0.05, 0.1) is 5.52 Å². The van der Waals surface area contributed by atoms with E-state index >= 15 is 0 Å². The highest BCUT2D eigenvalue weighted by molar-refractivity contribution is 7.07. The molecule has 74 valence electrons. The van der Waals surface area contributed by atoms with Crippen LogP contribution >= 0.6 is 23.1 Å². The fourth-order valence-electron chi connectivity index (χ4n) is 1.40. The van der Waals surface area contributed by atoms with Crippen molar-refractivity contribution in [1.82, 2.24) is 4.37 Å². The maximum atomic E-state index is 5.94. The number of rotatable bonds is 2. The number of benzene rings is 1. The van der Waals surface area contributed by atoms with Crippen molar-refractivity contribution >= 4 is 34.0 Å². The zero-order valence-corrected chi connectivity index (χ0v) is 9.40. The lowest BCUT2D eigenvalue weighted by molar-refractivity contribution is 0.795. The van der Waals surface area contributed by atoms with Gasteiger partial charge in [-0.15, -0.1) is 0 Å². The number of halogens is 1. The molecule has 0 radical (unpaired) electrons. The van der Waals surface area contributed by atoms with Gasteiger partial charge in [0.1, 0.15) is 0 Å². The van der Waals surface area contributed by atoms with Crippen LogP contribution in [0.3, 0.4) is 0 Å². The van der Waals surface area contributed by atoms with Gasteiger partial charge in [0.2, 0.25) is 0 Å². The van der Waals surface area contributed by atoms with Gasteiger partial charge in [-0.2, -0.15) is 4.37 Å². The highest BCUT2D eigenvalue weighted by Gasteiger charge is 2.11. The topological polar surface area (TPSA) is 38.9 Å². The van der Waals surface area contributed by atoms with Crippen molar-refractivity contribution in [3.63, 3.8) is 0 Å². The van der Waals surface area contributed by atoms with Crippen LogP contribution in [-0.2, 0) is 0 Å². The Hall–Kier alpha value is -0.640. The molecule has 14 heavy (non-hydrogen) atoms. The van der Waals surface area contributed by atoms with Crippen molar-refractivity contribution in [2.75, 3.05) is 6.54 Å². The Morgan fingerprint density at radius 3 is 3.07 bits per heavy atom. The van der Waals surface area contributed by atoms with Gasteiger partial charge in [-0.1, -0.05) is 18.5 Å². The summed E-state index contributed by atoms with van der Waals surface area (Å²) in [5.74, 6) is 0.350. The molecular formula is C10H11ClN2S. The third-order valence-corrected chi connectivity index (χ3v) is 3.61. The molecule has 2 rings (SSSR count). The summed E-state index contributed by atoms with van der Waals surface area (Å²) in [4.78, 5) is 1.23. The Kier molecular flexibility index (Phi) is 2.72. The second-order valence-corrected chi connectivity index (χ2v) is 4.59. The molecule has 0 aliphatic carbocycles. The van der Waals surface area contributed by atoms with E-state index in [1.165, 1.54) is 16.4 Å². The first-order chi connectivity index (χ1) is 6.72. The largest absolute Gasteiger partial charge is 0.330 e. The van der Waals surface area contributed by atoms with E-state index in [2.05, 4.69) is 11.3 Å². The number of hydrogen-bond acceptors (Lipinski definition) is 3. The van der Waals surface area contributed by atoms with Crippen LogP contribution in [0.15, 0.2) is 18.2 Å². The molecule has 1 aromatic heterocycles. The van der Waals surface area contributed by atoms with Gasteiger partial charge in [-0.25, -0.2) is 0 Å². The molecule has 0 spiro atoms. The molecule has 0 saturated heterocycles. The minimum atomic E-state index is 0.350. The van der Waals surface area contributed by atoms with Gasteiger partial charge in [-0.05, 0) is 36.3 Å². The molecule has 1 aromatic carbocycles. The standard InChI is InChI=1S/C10H11ClN2S/c1-6(5-12)10-8-4-7(11)2-3-9(8)13-14-10/h2-4,6H,5,12H2,1H3. The first kappa shape index (κ1) is 9.90. The summed E-state index contributed by atoms with van der Waals surface area (Å²) in [5.41, 5.74) is 6.65. The third-order valence-electron chi connectivity index (χ3n) is 2.27. The van der Waals surface area contributed by atoms with Crippen LogP contribution in [0.1, 0.15) is 17.7 Å². The minimum Gasteiger partial charge on any atom is -0.330 e. The Morgan fingerprint density at radius 2 is 2.36 bits per heavy atom. The summed E-state index contributed by atoms with van der Waals surface area (Å²) < 4.78 is 4.36. The first-order valence-electron chi connectivity index (χ1n) is 4.47. The van der Waals surface area contributed by atoms with Crippen LogP contribution in [-0.4, -0.2) is 10.9 Å². The van der Waals surface area contributed by atoms with Gasteiger partial charge < -0.3 is 5.73 Å². The van der Waals surface area contributed by atoms with E-state index in [9.17, 15) is 0 Å². The quantitative estimate of drug-likeness (QED) is 0.855. The molecule has 4 heteroatoms. The SMILES string of the molecule is CC(CN)c1snc2ccc(Cl)cc12. The monoisotopic (exact) mass is 226 g/mol. The summed E-state index contributed by atoms with van der Waals surface area (Å²) in [6, 6.07) is 5.77. The molecule has 1 atom stereocenters. The van der Waals surface area contributed by atoms with Crippen molar-refractivity contribution in [2.45, 2.75) is 12.8 Å². The van der Waals surface area contributed by atoms with Gasteiger partial charge >= 0.3 is 0 Å². The molecular weight excluding hydrogens is 216 g/mol. The number of aromatic nitrogens is 1. The van der Waals surface area contributed by atoms with E-state index < -0.39 is 0 Å². The van der Waals surface area contributed by atoms with Crippen LogP contribution in [0.2, 0.25) is 5.02 Å². The first-order valence-corrected chi connectivity index (χ1v) is 5.62. The maximum Gasteiger partial charge on any atom is 0.0844 e. The van der Waals surface area contributed by atoms with E-state index in [0.29, 0.717) is 12.5 Å². The highest BCUT2D eigenvalue weighted by atomic mass is 35.5. The van der Waals surface area contributed by atoms with E-state index in [4.69, 9.17) is 17.3 Å². The molecule has 2 N–H and O–H groups in total. The Morgan fingerprint density at radius 1 is 1.57 bits per heavy atom. The molecule has 1 unspecified atom stereocenters. The Labute approximate surface area is 91.9 Å². The zero-order valence-electron chi connectivity index (χ0n) is 7.83. The van der Waals surface area contributed by atoms with E-state index in [-0.39, 0.29) is 0 Å². The third kappa shape index (κ3) is 1.63. The summed E-state index contributed by atoms with van der Waals surface area (Å²) >= 11 is 7.46. The fourth-order valence-corrected chi connectivity index (χ4v) is 2.46. The smallest absolute Gasteiger partial charge is 0.0844 e. The second-order valence-electron chi connectivity index (χ2n) is 3.35. The van der Waals surface area contributed by atoms with Crippen molar-refractivity contribution in [1.29, 1.82) is 0 Å². The van der Waals surface area contributed by atoms with Gasteiger partial charge in [0.15, 0.2) is 0 Å². The second kappa shape index (κ2) is 3.85. The molecule has 2 aromatic rings. The molecule has 1 heterocycles. The Bertz CT molecular complexity index is 452. The number of nitrogens with two attached hydrogens (primary N) is 1. The van der Waals surface area contributed by atoms with Gasteiger partial charge in [0.25, 0.3) is 0 Å². The van der Waals surface area contributed by atoms with E-state index in [1.807, 2.05) is 18.2 Å². The lowest BCUT2D eigenvalue weighted by Crippen LogP contribution is -2.07. The molecule has 0 bridgehead atoms. The normalized spacial score (nSPS) is 13.4. The summed E-state index contributed by atoms with van der Waals surface area (Å²) in [6.07, 6.45) is 0. The van der Waals surface area contributed by atoms with Crippen LogP contribution < -0.4 is 5.73 Å². The van der Waals surface area contributed by atoms with Crippen molar-refractivity contribution in [3.05, 3.63) is 28.1 Å². The lowest BCUT2D eigenvalue weighted by Gasteiger charge is -2.04. The Balaban J connectivity index is 2.61. The lowest BCUT2D eigenvalue weighted by atomic mass is 10.1. The zero-order chi connectivity index (χ0) is 10.1. The van der Waals surface area contributed by atoms with Crippen LogP contribution in [0, 0.1) is 0 Å². The average Bonchev–Trinajstić information content (AvgIpc) is 2.59. The summed E-state index contributed by atoms with van der Waals surface area (Å²) in [6.45, 7) is 2.75. The number of fused-ring (bicyclic) bond motifs is 1. The van der Waals surface area contributed by atoms with Crippen LogP contribution in [0.4, 0.5) is 0 Å². The highest BCUT2D eigenvalue weighted by Crippen LogP contribution is 2.30. The molecule has 0 aliphatic rings. The molecule has 2 nitrogen and oxygen atoms in total. The molecule has 0 aliphatic heterocycles. The average molecular weight is 227 g/mol. The van der Waals surface area contributed by atoms with Crippen molar-refractivity contribution < 1.29 is 0 Å². The van der Waals surface area contributed by atoms with E-state index in [1.54, 1.807) is 0 Å². The fraction of sp³-hybridized carbons (Fsp3) is 0.300. The van der Waals surface area contributed by atoms with Crippen molar-refractivity contribution in [3.8, 4) is 0 Å².